The number of anilines is 2. The maximum Gasteiger partial charge on any atom is 0.265 e. The van der Waals surface area contributed by atoms with Gasteiger partial charge in [0.15, 0.2) is 6.10 Å². The number of hydrogen-bond donors (Lipinski definition) is 2. The lowest BCUT2D eigenvalue weighted by atomic mass is 10.1. The van der Waals surface area contributed by atoms with Crippen LogP contribution in [0.1, 0.15) is 42.2 Å². The van der Waals surface area contributed by atoms with Crippen LogP contribution in [0.5, 0.6) is 5.75 Å². The van der Waals surface area contributed by atoms with Crippen molar-refractivity contribution in [3.8, 4) is 5.75 Å². The zero-order chi connectivity index (χ0) is 26.3. The summed E-state index contributed by atoms with van der Waals surface area (Å²) in [5, 5.41) is 5.78. The molecular weight excluding hydrogens is 478 g/mol. The molecule has 2 atom stereocenters. The average Bonchev–Trinajstić information content (AvgIpc) is 2.87. The quantitative estimate of drug-likeness (QED) is 0.422. The number of hydrogen-bond acceptors (Lipinski definition) is 5. The zero-order valence-electron chi connectivity index (χ0n) is 20.8. The molecule has 0 bridgehead atoms. The number of nitrogens with zero attached hydrogens (tertiary/aromatic N) is 1. The maximum atomic E-state index is 13.0. The fourth-order valence-electron chi connectivity index (χ4n) is 3.52. The van der Waals surface area contributed by atoms with Crippen molar-refractivity contribution in [1.29, 1.82) is 0 Å². The topological polar surface area (TPSA) is 105 Å². The van der Waals surface area contributed by atoms with Gasteiger partial charge in [-0.3, -0.25) is 13.9 Å². The molecule has 0 spiro atoms. The fourth-order valence-corrected chi connectivity index (χ4v) is 4.02. The van der Waals surface area contributed by atoms with Crippen LogP contribution >= 0.6 is 0 Å². The van der Waals surface area contributed by atoms with Crippen LogP contribution in [0, 0.1) is 0 Å². The summed E-state index contributed by atoms with van der Waals surface area (Å²) < 4.78 is 30.5. The molecule has 0 aliphatic carbocycles. The molecule has 0 radical (unpaired) electrons. The molecule has 190 valence electrons. The Labute approximate surface area is 212 Å². The van der Waals surface area contributed by atoms with Crippen LogP contribution < -0.4 is 19.7 Å². The number of carbonyl (C=O) groups excluding carboxylic acids is 2. The molecule has 0 fully saturated rings. The number of carbonyl (C=O) groups is 2. The number of sulfonamides is 1. The van der Waals surface area contributed by atoms with Crippen LogP contribution in [0.15, 0.2) is 78.9 Å². The second-order valence-electron chi connectivity index (χ2n) is 8.38. The fraction of sp³-hybridized carbons (Fsp3) is 0.259. The maximum absolute atomic E-state index is 13.0. The SMILES string of the molecule is CC[C@H](Oc1ccc(N(C)S(C)(=O)=O)cc1)C(=O)Nc1ccccc1C(=O)N[C@@H](C)c1ccccc1. The third kappa shape index (κ3) is 6.85. The second kappa shape index (κ2) is 11.7. The van der Waals surface area contributed by atoms with E-state index in [2.05, 4.69) is 10.6 Å². The summed E-state index contributed by atoms with van der Waals surface area (Å²) in [7, 11) is -1.92. The molecule has 0 aliphatic rings. The summed E-state index contributed by atoms with van der Waals surface area (Å²) >= 11 is 0. The normalized spacial score (nSPS) is 12.8. The Morgan fingerprint density at radius 3 is 2.17 bits per heavy atom. The van der Waals surface area contributed by atoms with Crippen LogP contribution in [-0.4, -0.2) is 39.6 Å². The number of amides is 2. The molecule has 3 aromatic carbocycles. The Morgan fingerprint density at radius 2 is 1.56 bits per heavy atom. The van der Waals surface area contributed by atoms with E-state index in [0.717, 1.165) is 16.1 Å². The van der Waals surface area contributed by atoms with Gasteiger partial charge < -0.3 is 15.4 Å². The first-order valence-corrected chi connectivity index (χ1v) is 13.4. The minimum atomic E-state index is -3.38. The van der Waals surface area contributed by atoms with E-state index in [-0.39, 0.29) is 11.9 Å². The predicted octanol–water partition coefficient (Wildman–Crippen LogP) is 4.37. The van der Waals surface area contributed by atoms with Gasteiger partial charge in [-0.2, -0.15) is 0 Å². The van der Waals surface area contributed by atoms with Crippen molar-refractivity contribution in [2.45, 2.75) is 32.4 Å². The van der Waals surface area contributed by atoms with Gasteiger partial charge in [-0.15, -0.1) is 0 Å². The largest absolute Gasteiger partial charge is 0.481 e. The lowest BCUT2D eigenvalue weighted by Crippen LogP contribution is -2.34. The number of rotatable bonds is 10. The number of nitrogens with one attached hydrogen (secondary N) is 2. The third-order valence-corrected chi connectivity index (χ3v) is 6.92. The minimum Gasteiger partial charge on any atom is -0.481 e. The molecule has 0 saturated heterocycles. The van der Waals surface area contributed by atoms with Gasteiger partial charge in [0, 0.05) is 7.05 Å². The van der Waals surface area contributed by atoms with E-state index in [1.54, 1.807) is 48.5 Å². The highest BCUT2D eigenvalue weighted by molar-refractivity contribution is 7.92. The first-order chi connectivity index (χ1) is 17.1. The van der Waals surface area contributed by atoms with Crippen molar-refractivity contribution in [1.82, 2.24) is 5.32 Å². The van der Waals surface area contributed by atoms with Crippen LogP contribution in [0.2, 0.25) is 0 Å². The lowest BCUT2D eigenvalue weighted by molar-refractivity contribution is -0.122. The monoisotopic (exact) mass is 509 g/mol. The third-order valence-electron chi connectivity index (χ3n) is 5.72. The number of para-hydroxylation sites is 1. The van der Waals surface area contributed by atoms with E-state index in [9.17, 15) is 18.0 Å². The molecule has 0 aromatic heterocycles. The van der Waals surface area contributed by atoms with Crippen molar-refractivity contribution in [3.05, 3.63) is 90.0 Å². The smallest absolute Gasteiger partial charge is 0.265 e. The van der Waals surface area contributed by atoms with Crippen molar-refractivity contribution in [2.24, 2.45) is 0 Å². The Morgan fingerprint density at radius 1 is 0.944 bits per heavy atom. The molecule has 2 N–H and O–H groups in total. The van der Waals surface area contributed by atoms with Gasteiger partial charge in [0.1, 0.15) is 5.75 Å². The van der Waals surface area contributed by atoms with Gasteiger partial charge in [0.05, 0.1) is 29.2 Å². The van der Waals surface area contributed by atoms with Gasteiger partial charge >= 0.3 is 0 Å². The highest BCUT2D eigenvalue weighted by Crippen LogP contribution is 2.23. The summed E-state index contributed by atoms with van der Waals surface area (Å²) in [6.07, 6.45) is 0.689. The molecule has 3 rings (SSSR count). The molecular formula is C27H31N3O5S. The van der Waals surface area contributed by atoms with Crippen molar-refractivity contribution in [3.63, 3.8) is 0 Å². The first kappa shape index (κ1) is 26.7. The zero-order valence-corrected chi connectivity index (χ0v) is 21.6. The van der Waals surface area contributed by atoms with Crippen LogP contribution in [0.25, 0.3) is 0 Å². The average molecular weight is 510 g/mol. The highest BCUT2D eigenvalue weighted by Gasteiger charge is 2.22. The van der Waals surface area contributed by atoms with E-state index in [4.69, 9.17) is 4.74 Å². The van der Waals surface area contributed by atoms with Crippen molar-refractivity contribution < 1.29 is 22.7 Å². The molecule has 0 heterocycles. The Balaban J connectivity index is 1.69. The Bertz CT molecular complexity index is 1290. The number of ether oxygens (including phenoxy) is 1. The summed E-state index contributed by atoms with van der Waals surface area (Å²) in [4.78, 5) is 26.0. The lowest BCUT2D eigenvalue weighted by Gasteiger charge is -2.20. The summed E-state index contributed by atoms with van der Waals surface area (Å²) in [5.74, 6) is -0.279. The Hall–Kier alpha value is -3.85. The van der Waals surface area contributed by atoms with E-state index in [0.29, 0.717) is 29.1 Å². The highest BCUT2D eigenvalue weighted by atomic mass is 32.2. The van der Waals surface area contributed by atoms with Gasteiger partial charge in [0.25, 0.3) is 11.8 Å². The van der Waals surface area contributed by atoms with E-state index >= 15 is 0 Å². The van der Waals surface area contributed by atoms with E-state index in [1.165, 1.54) is 7.05 Å². The van der Waals surface area contributed by atoms with E-state index in [1.807, 2.05) is 44.2 Å². The molecule has 0 saturated carbocycles. The van der Waals surface area contributed by atoms with Gasteiger partial charge in [-0.05, 0) is 55.3 Å². The molecule has 3 aromatic rings. The van der Waals surface area contributed by atoms with Gasteiger partial charge in [0.2, 0.25) is 10.0 Å². The predicted molar refractivity (Wildman–Crippen MR) is 142 cm³/mol. The minimum absolute atomic E-state index is 0.209. The Kier molecular flexibility index (Phi) is 8.71. The van der Waals surface area contributed by atoms with Gasteiger partial charge in [-0.1, -0.05) is 49.4 Å². The van der Waals surface area contributed by atoms with Crippen molar-refractivity contribution >= 4 is 33.2 Å². The standard InChI is InChI=1S/C27H31N3O5S/c1-5-25(35-22-17-15-21(16-18-22)30(3)36(4,33)34)27(32)29-24-14-10-9-13-23(24)26(31)28-19(2)20-11-7-6-8-12-20/h6-19,25H,5H2,1-4H3,(H,28,31)(H,29,32)/t19-,25-/m0/s1. The summed E-state index contributed by atoms with van der Waals surface area (Å²) in [5.41, 5.74) is 2.18. The molecule has 2 amide bonds. The van der Waals surface area contributed by atoms with Gasteiger partial charge in [-0.25, -0.2) is 8.42 Å². The van der Waals surface area contributed by atoms with Crippen LogP contribution in [0.4, 0.5) is 11.4 Å². The molecule has 36 heavy (non-hydrogen) atoms. The summed E-state index contributed by atoms with van der Waals surface area (Å²) in [6, 6.07) is 22.6. The van der Waals surface area contributed by atoms with E-state index < -0.39 is 22.0 Å². The first-order valence-electron chi connectivity index (χ1n) is 11.6. The molecule has 9 heteroatoms. The summed E-state index contributed by atoms with van der Waals surface area (Å²) in [6.45, 7) is 3.71. The van der Waals surface area contributed by atoms with Crippen LogP contribution in [-0.2, 0) is 14.8 Å². The van der Waals surface area contributed by atoms with Crippen LogP contribution in [0.3, 0.4) is 0 Å². The number of benzene rings is 3. The second-order valence-corrected chi connectivity index (χ2v) is 10.4. The molecule has 0 unspecified atom stereocenters. The molecule has 0 aliphatic heterocycles. The molecule has 8 nitrogen and oxygen atoms in total. The van der Waals surface area contributed by atoms with Crippen molar-refractivity contribution in [2.75, 3.05) is 22.9 Å².